The zero-order chi connectivity index (χ0) is 41.0. The highest BCUT2D eigenvalue weighted by atomic mass is 32.1. The molecule has 0 unspecified atom stereocenters. The predicted octanol–water partition coefficient (Wildman–Crippen LogP) is -3.25. The fraction of sp³-hybridized carbons (Fsp3) is 0.545. The fourth-order valence-electron chi connectivity index (χ4n) is 6.29. The number of aryl methyl sites for hydroxylation is 1. The number of hydrogen-bond donors (Lipinski definition) is 12. The van der Waals surface area contributed by atoms with Crippen LogP contribution >= 0.6 is 11.3 Å². The molecule has 0 aromatic carbocycles. The molecule has 2 aliphatic heterocycles. The Bertz CT molecular complexity index is 1860. The molecule has 2 fully saturated rings. The summed E-state index contributed by atoms with van der Waals surface area (Å²) in [4.78, 5) is 57.9. The molecule has 5 rings (SSSR count). The van der Waals surface area contributed by atoms with Gasteiger partial charge in [0.2, 0.25) is 6.41 Å². The third-order valence-electron chi connectivity index (χ3n) is 9.21. The van der Waals surface area contributed by atoms with Crippen molar-refractivity contribution in [3.63, 3.8) is 0 Å². The summed E-state index contributed by atoms with van der Waals surface area (Å²) < 4.78 is 13.6. The van der Waals surface area contributed by atoms with Crippen LogP contribution in [0.2, 0.25) is 0 Å². The fourth-order valence-corrected chi connectivity index (χ4v) is 7.11. The van der Waals surface area contributed by atoms with Crippen molar-refractivity contribution >= 4 is 52.0 Å². The van der Waals surface area contributed by atoms with Crippen molar-refractivity contribution in [2.75, 3.05) is 56.3 Å². The second-order valence-electron chi connectivity index (χ2n) is 13.5. The average molecular weight is 811 g/mol. The van der Waals surface area contributed by atoms with Gasteiger partial charge in [-0.05, 0) is 46.1 Å². The molecule has 0 spiro atoms. The van der Waals surface area contributed by atoms with Gasteiger partial charge in [0.25, 0.3) is 17.7 Å². The topological polar surface area (TPSA) is 323 Å². The zero-order valence-electron chi connectivity index (χ0n) is 30.4. The normalized spacial score (nSPS) is 27.9. The Morgan fingerprint density at radius 1 is 0.804 bits per heavy atom. The summed E-state index contributed by atoms with van der Waals surface area (Å²) in [6.07, 6.45) is -13.2. The first-order chi connectivity index (χ1) is 26.6. The second-order valence-corrected chi connectivity index (χ2v) is 14.5. The van der Waals surface area contributed by atoms with Gasteiger partial charge in [0.05, 0.1) is 30.3 Å². The highest BCUT2D eigenvalue weighted by molar-refractivity contribution is 7.17. The van der Waals surface area contributed by atoms with Gasteiger partial charge in [0, 0.05) is 18.9 Å². The number of aliphatic hydroxyl groups excluding tert-OH is 8. The summed E-state index contributed by atoms with van der Waals surface area (Å²) in [7, 11) is 3.72. The molecular formula is C33H46N8O14S. The summed E-state index contributed by atoms with van der Waals surface area (Å²) in [6.45, 7) is 0.893. The third kappa shape index (κ3) is 9.09. The van der Waals surface area contributed by atoms with E-state index in [1.807, 2.05) is 19.0 Å². The molecule has 2 aliphatic rings. The molecule has 308 valence electrons. The van der Waals surface area contributed by atoms with Crippen LogP contribution in [-0.4, -0.2) is 173 Å². The quantitative estimate of drug-likeness (QED) is 0.0530. The van der Waals surface area contributed by atoms with E-state index in [-0.39, 0.29) is 45.0 Å². The predicted molar refractivity (Wildman–Crippen MR) is 195 cm³/mol. The Morgan fingerprint density at radius 3 is 1.79 bits per heavy atom. The molecule has 0 saturated carbocycles. The number of thiazole rings is 1. The van der Waals surface area contributed by atoms with Gasteiger partial charge in [-0.25, -0.2) is 4.98 Å². The zero-order valence-corrected chi connectivity index (χ0v) is 31.2. The van der Waals surface area contributed by atoms with Crippen LogP contribution in [0.4, 0.5) is 16.5 Å². The van der Waals surface area contributed by atoms with E-state index in [1.54, 1.807) is 0 Å². The third-order valence-corrected chi connectivity index (χ3v) is 10.3. The summed E-state index contributed by atoms with van der Waals surface area (Å²) in [5, 5.41) is 93.7. The molecule has 0 aliphatic carbocycles. The number of hydrogen-bond acceptors (Lipinski definition) is 17. The van der Waals surface area contributed by atoms with Crippen molar-refractivity contribution in [3.8, 4) is 0 Å². The van der Waals surface area contributed by atoms with Crippen LogP contribution in [0.5, 0.6) is 0 Å². The molecule has 3 aromatic rings. The van der Waals surface area contributed by atoms with Crippen molar-refractivity contribution in [2.24, 2.45) is 0 Å². The monoisotopic (exact) mass is 810 g/mol. The number of ether oxygens (including phenoxy) is 2. The Morgan fingerprint density at radius 2 is 1.30 bits per heavy atom. The number of carbonyl (C=O) groups is 4. The molecule has 0 bridgehead atoms. The number of amides is 4. The van der Waals surface area contributed by atoms with Crippen molar-refractivity contribution in [2.45, 2.75) is 74.6 Å². The molecule has 0 radical (unpaired) electrons. The Balaban J connectivity index is 1.50. The molecule has 22 nitrogen and oxygen atoms in total. The van der Waals surface area contributed by atoms with E-state index in [9.17, 15) is 60.0 Å². The van der Waals surface area contributed by atoms with E-state index in [0.717, 1.165) is 20.5 Å². The Hall–Kier alpha value is -4.37. The van der Waals surface area contributed by atoms with E-state index in [2.05, 4.69) is 26.3 Å². The van der Waals surface area contributed by atoms with Crippen molar-refractivity contribution in [1.29, 1.82) is 0 Å². The number of carbonyl (C=O) groups excluding carboxylic acids is 4. The van der Waals surface area contributed by atoms with E-state index in [0.29, 0.717) is 19.4 Å². The summed E-state index contributed by atoms with van der Waals surface area (Å²) in [5.41, 5.74) is -0.261. The largest absolute Gasteiger partial charge is 0.394 e. The van der Waals surface area contributed by atoms with Crippen molar-refractivity contribution in [1.82, 2.24) is 24.3 Å². The van der Waals surface area contributed by atoms with Crippen LogP contribution in [0.1, 0.15) is 55.2 Å². The van der Waals surface area contributed by atoms with Gasteiger partial charge in [0.1, 0.15) is 65.1 Å². The van der Waals surface area contributed by atoms with Gasteiger partial charge >= 0.3 is 0 Å². The first kappa shape index (κ1) is 42.8. The van der Waals surface area contributed by atoms with Gasteiger partial charge < -0.3 is 85.6 Å². The van der Waals surface area contributed by atoms with E-state index < -0.39 is 92.2 Å². The number of nitrogens with zero attached hydrogens (tertiary/aromatic N) is 4. The highest BCUT2D eigenvalue weighted by Crippen LogP contribution is 2.34. The average Bonchev–Trinajstić information content (AvgIpc) is 3.88. The molecule has 2 saturated heterocycles. The number of anilines is 3. The number of rotatable bonds is 15. The molecule has 23 heteroatoms. The Labute approximate surface area is 322 Å². The van der Waals surface area contributed by atoms with Gasteiger partial charge in [-0.1, -0.05) is 11.3 Å². The van der Waals surface area contributed by atoms with E-state index in [1.165, 1.54) is 31.5 Å². The lowest BCUT2D eigenvalue weighted by atomic mass is 9.98. The molecule has 5 heterocycles. The summed E-state index contributed by atoms with van der Waals surface area (Å²) in [6, 6.07) is 2.44. The molecular weight excluding hydrogens is 764 g/mol. The minimum Gasteiger partial charge on any atom is -0.394 e. The van der Waals surface area contributed by atoms with Crippen LogP contribution in [-0.2, 0) is 14.3 Å². The van der Waals surface area contributed by atoms with Crippen molar-refractivity contribution < 1.29 is 69.5 Å². The van der Waals surface area contributed by atoms with Gasteiger partial charge in [-0.3, -0.25) is 19.2 Å². The van der Waals surface area contributed by atoms with Crippen molar-refractivity contribution in [3.05, 3.63) is 46.5 Å². The first-order valence-corrected chi connectivity index (χ1v) is 18.2. The van der Waals surface area contributed by atoms with Crippen LogP contribution < -0.4 is 21.3 Å². The smallest absolute Gasteiger partial charge is 0.272 e. The number of aromatic nitrogens is 3. The lowest BCUT2D eigenvalue weighted by Crippen LogP contribution is -2.56. The molecule has 10 atom stereocenters. The maximum atomic E-state index is 14.1. The molecule has 3 aromatic heterocycles. The second kappa shape index (κ2) is 18.3. The summed E-state index contributed by atoms with van der Waals surface area (Å²) in [5.74, 6) is -2.28. The van der Waals surface area contributed by atoms with Crippen LogP contribution in [0, 0.1) is 6.92 Å². The molecule has 4 amide bonds. The molecule has 56 heavy (non-hydrogen) atoms. The minimum atomic E-state index is -1.86. The first-order valence-electron chi connectivity index (χ1n) is 17.4. The van der Waals surface area contributed by atoms with Crippen LogP contribution in [0.25, 0.3) is 0 Å². The lowest BCUT2D eigenvalue weighted by molar-refractivity contribution is -0.251. The lowest BCUT2D eigenvalue weighted by Gasteiger charge is -2.41. The van der Waals surface area contributed by atoms with Gasteiger partial charge in [-0.15, -0.1) is 0 Å². The Kier molecular flexibility index (Phi) is 13.9. The maximum absolute atomic E-state index is 14.1. The van der Waals surface area contributed by atoms with Gasteiger partial charge in [-0.2, -0.15) is 0 Å². The van der Waals surface area contributed by atoms with Crippen LogP contribution in [0.15, 0.2) is 24.5 Å². The minimum absolute atomic E-state index is 0.0218. The maximum Gasteiger partial charge on any atom is 0.272 e. The van der Waals surface area contributed by atoms with E-state index in [4.69, 9.17) is 9.47 Å². The number of nitrogens with one attached hydrogen (secondary N) is 4. The standard InChI is InChI=1S/C33H46N8O14S/c1-14-27(56-33(36-14)35-13-44)30(53)38-16-8-18(41(10-16)32-26(50)24(48)22(46)20(12-43)55-32)29(52)37-15-7-17(28(51)34-5-4-6-39(2)3)40(9-15)31-25(49)23(47)21(45)19(11-42)54-31/h7-10,13,19-26,31-32,42-43,45-50H,4-6,11-12H2,1-3H3,(H,34,51)(H,37,52)(H,38,53)(H,35,36,44)/t19-,20-,21-,22-,23-,24-,25-,26-,31+,32+/m1/s1. The summed E-state index contributed by atoms with van der Waals surface area (Å²) >= 11 is 0.876. The van der Waals surface area contributed by atoms with Crippen LogP contribution in [0.3, 0.4) is 0 Å². The highest BCUT2D eigenvalue weighted by Gasteiger charge is 2.46. The number of aliphatic hydroxyl groups is 8. The van der Waals surface area contributed by atoms with E-state index >= 15 is 0 Å². The molecule has 12 N–H and O–H groups in total. The SMILES string of the molecule is Cc1nc(NC=O)sc1C(=O)Nc1cc(C(=O)Nc2cc(C(=O)NCCCN(C)C)n([C@H]3O[C@H](CO)[C@@H](O)[C@@H](O)[C@H]3O)c2)n([C@H]2O[C@H](CO)[C@@H](O)[C@@H](O)[C@H]2O)c1. The van der Waals surface area contributed by atoms with Gasteiger partial charge in [0.15, 0.2) is 17.6 Å².